The number of hydrogen-bond donors (Lipinski definition) is 1. The normalized spacial score (nSPS) is 19.0. The fourth-order valence-electron chi connectivity index (χ4n) is 3.21. The monoisotopic (exact) mass is 311 g/mol. The van der Waals surface area contributed by atoms with Crippen molar-refractivity contribution in [2.24, 2.45) is 5.92 Å². The molecule has 1 aliphatic heterocycles. The highest BCUT2D eigenvalue weighted by Gasteiger charge is 2.36. The van der Waals surface area contributed by atoms with Crippen molar-refractivity contribution >= 4 is 17.7 Å². The number of ether oxygens (including phenoxy) is 1. The average Bonchev–Trinajstić information content (AvgIpc) is 2.51. The summed E-state index contributed by atoms with van der Waals surface area (Å²) in [7, 11) is 1.39. The molecule has 5 heteroatoms. The van der Waals surface area contributed by atoms with Crippen molar-refractivity contribution in [1.82, 2.24) is 4.90 Å². The number of hydrogen-bond acceptors (Lipinski definition) is 3. The summed E-state index contributed by atoms with van der Waals surface area (Å²) in [6, 6.07) is 5.60. The van der Waals surface area contributed by atoms with E-state index in [1.54, 1.807) is 4.90 Å². The zero-order valence-electron chi connectivity index (χ0n) is 12.5. The molecule has 0 unspecified atom stereocenters. The number of benzene rings is 1. The van der Waals surface area contributed by atoms with E-state index in [0.717, 1.165) is 29.0 Å². The van der Waals surface area contributed by atoms with Crippen molar-refractivity contribution < 1.29 is 14.6 Å². The van der Waals surface area contributed by atoms with Crippen molar-refractivity contribution in [2.75, 3.05) is 20.3 Å². The molecule has 1 N–H and O–H groups in total. The number of methoxy groups -OCH3 is 1. The van der Waals surface area contributed by atoms with E-state index in [0.29, 0.717) is 13.0 Å². The highest BCUT2D eigenvalue weighted by Crippen LogP contribution is 2.39. The lowest BCUT2D eigenvalue weighted by molar-refractivity contribution is 0.0629. The maximum absolute atomic E-state index is 12.1. The Balaban J connectivity index is 2.46. The minimum Gasteiger partial charge on any atom is -0.453 e. The molecule has 0 aromatic heterocycles. The minimum atomic E-state index is -0.347. The second-order valence-corrected chi connectivity index (χ2v) is 5.80. The summed E-state index contributed by atoms with van der Waals surface area (Å²) in [6.45, 7) is 2.68. The molecular weight excluding hydrogens is 290 g/mol. The van der Waals surface area contributed by atoms with Gasteiger partial charge in [0.05, 0.1) is 13.2 Å². The molecule has 0 spiro atoms. The maximum Gasteiger partial charge on any atom is 0.410 e. The molecule has 4 nitrogen and oxygen atoms in total. The molecule has 0 saturated carbocycles. The Labute approximate surface area is 130 Å². The van der Waals surface area contributed by atoms with Gasteiger partial charge in [-0.1, -0.05) is 37.1 Å². The smallest absolute Gasteiger partial charge is 0.410 e. The van der Waals surface area contributed by atoms with E-state index in [1.807, 2.05) is 18.2 Å². The van der Waals surface area contributed by atoms with Gasteiger partial charge in [-0.05, 0) is 30.0 Å². The van der Waals surface area contributed by atoms with E-state index in [2.05, 4.69) is 6.92 Å². The van der Waals surface area contributed by atoms with Crippen molar-refractivity contribution in [3.05, 3.63) is 34.3 Å². The van der Waals surface area contributed by atoms with Crippen molar-refractivity contribution in [3.63, 3.8) is 0 Å². The molecule has 0 saturated heterocycles. The summed E-state index contributed by atoms with van der Waals surface area (Å²) in [6.07, 6.45) is 2.16. The second kappa shape index (κ2) is 7.14. The minimum absolute atomic E-state index is 0.00776. The molecule has 2 atom stereocenters. The summed E-state index contributed by atoms with van der Waals surface area (Å²) >= 11 is 6.30. The highest BCUT2D eigenvalue weighted by molar-refractivity contribution is 6.31. The Morgan fingerprint density at radius 2 is 2.33 bits per heavy atom. The van der Waals surface area contributed by atoms with Crippen LogP contribution in [0.3, 0.4) is 0 Å². The van der Waals surface area contributed by atoms with Gasteiger partial charge in [-0.2, -0.15) is 0 Å². The van der Waals surface area contributed by atoms with E-state index in [9.17, 15) is 9.90 Å². The van der Waals surface area contributed by atoms with E-state index in [-0.39, 0.29) is 24.7 Å². The summed E-state index contributed by atoms with van der Waals surface area (Å²) in [5.41, 5.74) is 2.12. The van der Waals surface area contributed by atoms with Crippen LogP contribution in [0.4, 0.5) is 4.79 Å². The van der Waals surface area contributed by atoms with Gasteiger partial charge < -0.3 is 14.7 Å². The number of carbonyl (C=O) groups is 1. The van der Waals surface area contributed by atoms with E-state index >= 15 is 0 Å². The van der Waals surface area contributed by atoms with Crippen LogP contribution < -0.4 is 0 Å². The van der Waals surface area contributed by atoms with Gasteiger partial charge in [0.2, 0.25) is 0 Å². The molecule has 1 aromatic rings. The number of aliphatic hydroxyl groups is 1. The van der Waals surface area contributed by atoms with Crippen LogP contribution in [0.1, 0.15) is 36.9 Å². The first-order valence-electron chi connectivity index (χ1n) is 7.36. The van der Waals surface area contributed by atoms with Crippen LogP contribution in [0.2, 0.25) is 5.02 Å². The van der Waals surface area contributed by atoms with Crippen LogP contribution in [-0.4, -0.2) is 36.4 Å². The molecule has 1 heterocycles. The largest absolute Gasteiger partial charge is 0.453 e. The predicted octanol–water partition coefficient (Wildman–Crippen LogP) is 3.41. The molecule has 0 aliphatic carbocycles. The standard InChI is InChI=1S/C16H22ClNO3/c1-3-5-11(10-19)15-13-6-4-7-14(17)12(13)8-9-18(15)16(20)21-2/h4,6-7,11,15,19H,3,5,8-10H2,1-2H3/t11-,15+/m0/s1. The molecule has 0 radical (unpaired) electrons. The molecule has 1 aromatic carbocycles. The number of aliphatic hydroxyl groups excluding tert-OH is 1. The SMILES string of the molecule is CCC[C@@H](CO)[C@@H]1c2cccc(Cl)c2CCN1C(=O)OC. The van der Waals surface area contributed by atoms with E-state index in [1.165, 1.54) is 7.11 Å². The first kappa shape index (κ1) is 16.1. The van der Waals surface area contributed by atoms with Crippen LogP contribution in [0, 0.1) is 5.92 Å². The second-order valence-electron chi connectivity index (χ2n) is 5.40. The summed E-state index contributed by atoms with van der Waals surface area (Å²) in [5, 5.41) is 10.5. The summed E-state index contributed by atoms with van der Waals surface area (Å²) < 4.78 is 4.91. The van der Waals surface area contributed by atoms with Gasteiger partial charge >= 0.3 is 6.09 Å². The Kier molecular flexibility index (Phi) is 5.48. The molecule has 21 heavy (non-hydrogen) atoms. The van der Waals surface area contributed by atoms with Gasteiger partial charge in [-0.25, -0.2) is 4.79 Å². The predicted molar refractivity (Wildman–Crippen MR) is 82.5 cm³/mol. The van der Waals surface area contributed by atoms with Crippen LogP contribution in [0.5, 0.6) is 0 Å². The lowest BCUT2D eigenvalue weighted by atomic mass is 9.83. The van der Waals surface area contributed by atoms with Gasteiger partial charge in [0, 0.05) is 24.1 Å². The van der Waals surface area contributed by atoms with Crippen molar-refractivity contribution in [1.29, 1.82) is 0 Å². The number of halogens is 1. The lowest BCUT2D eigenvalue weighted by Gasteiger charge is -2.40. The number of carbonyl (C=O) groups excluding carboxylic acids is 1. The quantitative estimate of drug-likeness (QED) is 0.927. The Morgan fingerprint density at radius 1 is 1.57 bits per heavy atom. The number of nitrogens with zero attached hydrogens (tertiary/aromatic N) is 1. The third-order valence-electron chi connectivity index (χ3n) is 4.16. The Hall–Kier alpha value is -1.26. The van der Waals surface area contributed by atoms with E-state index < -0.39 is 0 Å². The van der Waals surface area contributed by atoms with Gasteiger partial charge in [0.1, 0.15) is 0 Å². The topological polar surface area (TPSA) is 49.8 Å². The Morgan fingerprint density at radius 3 is 2.95 bits per heavy atom. The third-order valence-corrected chi connectivity index (χ3v) is 4.52. The first-order valence-corrected chi connectivity index (χ1v) is 7.74. The third kappa shape index (κ3) is 3.16. The van der Waals surface area contributed by atoms with Crippen molar-refractivity contribution in [2.45, 2.75) is 32.2 Å². The van der Waals surface area contributed by atoms with Gasteiger partial charge in [0.25, 0.3) is 0 Å². The molecule has 1 amide bonds. The Bertz CT molecular complexity index is 506. The number of fused-ring (bicyclic) bond motifs is 1. The summed E-state index contributed by atoms with van der Waals surface area (Å²) in [4.78, 5) is 13.8. The maximum atomic E-state index is 12.1. The fraction of sp³-hybridized carbons (Fsp3) is 0.562. The van der Waals surface area contributed by atoms with Crippen LogP contribution in [0.25, 0.3) is 0 Å². The number of amides is 1. The van der Waals surface area contributed by atoms with Crippen LogP contribution in [0.15, 0.2) is 18.2 Å². The van der Waals surface area contributed by atoms with E-state index in [4.69, 9.17) is 16.3 Å². The van der Waals surface area contributed by atoms with Gasteiger partial charge in [0.15, 0.2) is 0 Å². The van der Waals surface area contributed by atoms with Crippen molar-refractivity contribution in [3.8, 4) is 0 Å². The van der Waals surface area contributed by atoms with Gasteiger partial charge in [-0.15, -0.1) is 0 Å². The number of rotatable bonds is 4. The fourth-order valence-corrected chi connectivity index (χ4v) is 3.48. The molecule has 116 valence electrons. The average molecular weight is 312 g/mol. The molecule has 2 rings (SSSR count). The molecule has 1 aliphatic rings. The van der Waals surface area contributed by atoms with Crippen LogP contribution >= 0.6 is 11.6 Å². The molecular formula is C16H22ClNO3. The highest BCUT2D eigenvalue weighted by atomic mass is 35.5. The van der Waals surface area contributed by atoms with Crippen LogP contribution in [-0.2, 0) is 11.2 Å². The summed E-state index contributed by atoms with van der Waals surface area (Å²) in [5.74, 6) is -0.00776. The molecule has 0 fully saturated rings. The zero-order valence-corrected chi connectivity index (χ0v) is 13.3. The lowest BCUT2D eigenvalue weighted by Crippen LogP contribution is -2.44. The molecule has 0 bridgehead atoms. The zero-order chi connectivity index (χ0) is 15.4. The van der Waals surface area contributed by atoms with Gasteiger partial charge in [-0.3, -0.25) is 0 Å². The first-order chi connectivity index (χ1) is 10.1.